The number of hydrogen-bond donors (Lipinski definition) is 2. The van der Waals surface area contributed by atoms with E-state index >= 15 is 0 Å². The van der Waals surface area contributed by atoms with E-state index in [9.17, 15) is 18.5 Å². The Hall–Kier alpha value is -1.51. The van der Waals surface area contributed by atoms with Crippen LogP contribution in [0.2, 0.25) is 0 Å². The average Bonchev–Trinajstić information content (AvgIpc) is 2.46. The van der Waals surface area contributed by atoms with Crippen LogP contribution in [0.4, 0.5) is 5.69 Å². The van der Waals surface area contributed by atoms with Crippen molar-refractivity contribution in [2.75, 3.05) is 19.6 Å². The first kappa shape index (κ1) is 15.9. The van der Waals surface area contributed by atoms with Gasteiger partial charge in [0.2, 0.25) is 10.0 Å². The second kappa shape index (κ2) is 6.50. The third kappa shape index (κ3) is 3.99. The number of nitrogens with one attached hydrogen (secondary N) is 2. The second-order valence-corrected chi connectivity index (χ2v) is 7.02. The number of nitro benzene ring substituents is 1. The summed E-state index contributed by atoms with van der Waals surface area (Å²) in [5.74, 6) is 0.307. The van der Waals surface area contributed by atoms with Gasteiger partial charge in [-0.2, -0.15) is 0 Å². The zero-order chi connectivity index (χ0) is 15.5. The smallest absolute Gasteiger partial charge is 0.273 e. The van der Waals surface area contributed by atoms with Gasteiger partial charge in [0.05, 0.1) is 9.82 Å². The summed E-state index contributed by atoms with van der Waals surface area (Å²) in [6.07, 6.45) is 1.85. The Kier molecular flexibility index (Phi) is 4.92. The Balaban J connectivity index is 2.11. The van der Waals surface area contributed by atoms with E-state index in [0.717, 1.165) is 32.0 Å². The Morgan fingerprint density at radius 1 is 1.38 bits per heavy atom. The lowest BCUT2D eigenvalue weighted by Crippen LogP contribution is -2.36. The van der Waals surface area contributed by atoms with Crippen LogP contribution in [0.1, 0.15) is 18.4 Å². The van der Waals surface area contributed by atoms with Gasteiger partial charge in [-0.25, -0.2) is 13.1 Å². The van der Waals surface area contributed by atoms with Crippen molar-refractivity contribution in [1.82, 2.24) is 10.0 Å². The number of nitro groups is 1. The molecule has 0 spiro atoms. The lowest BCUT2D eigenvalue weighted by atomic mass is 9.99. The standard InChI is InChI=1S/C13H19N3O4S/c1-10-2-3-12(8-13(10)16(17)18)21(19,20)15-9-11-4-6-14-7-5-11/h2-3,8,11,14-15H,4-7,9H2,1H3. The second-order valence-electron chi connectivity index (χ2n) is 5.25. The molecule has 1 fully saturated rings. The minimum absolute atomic E-state index is 0.0614. The van der Waals surface area contributed by atoms with Gasteiger partial charge in [-0.3, -0.25) is 10.1 Å². The number of rotatable bonds is 5. The first-order valence-electron chi connectivity index (χ1n) is 6.85. The Labute approximate surface area is 123 Å². The number of sulfonamides is 1. The third-order valence-electron chi connectivity index (χ3n) is 3.71. The molecule has 21 heavy (non-hydrogen) atoms. The van der Waals surface area contributed by atoms with Crippen molar-refractivity contribution < 1.29 is 13.3 Å². The van der Waals surface area contributed by atoms with Crippen molar-refractivity contribution in [3.05, 3.63) is 33.9 Å². The van der Waals surface area contributed by atoms with Crippen molar-refractivity contribution in [3.63, 3.8) is 0 Å². The maximum Gasteiger partial charge on any atom is 0.273 e. The minimum Gasteiger partial charge on any atom is -0.317 e. The summed E-state index contributed by atoms with van der Waals surface area (Å²) >= 11 is 0. The third-order valence-corrected chi connectivity index (χ3v) is 5.13. The van der Waals surface area contributed by atoms with Crippen LogP contribution in [-0.4, -0.2) is 33.0 Å². The summed E-state index contributed by atoms with van der Waals surface area (Å²) in [5.41, 5.74) is 0.261. The number of piperidine rings is 1. The van der Waals surface area contributed by atoms with Crippen LogP contribution in [0.3, 0.4) is 0 Å². The van der Waals surface area contributed by atoms with Crippen LogP contribution in [0.25, 0.3) is 0 Å². The molecule has 2 rings (SSSR count). The van der Waals surface area contributed by atoms with E-state index in [-0.39, 0.29) is 10.6 Å². The number of hydrogen-bond acceptors (Lipinski definition) is 5. The van der Waals surface area contributed by atoms with Gasteiger partial charge in [-0.05, 0) is 44.8 Å². The molecule has 1 aliphatic heterocycles. The first-order chi connectivity index (χ1) is 9.90. The molecule has 0 unspecified atom stereocenters. The summed E-state index contributed by atoms with van der Waals surface area (Å²) in [7, 11) is -3.71. The maximum atomic E-state index is 12.2. The van der Waals surface area contributed by atoms with Crippen molar-refractivity contribution in [1.29, 1.82) is 0 Å². The highest BCUT2D eigenvalue weighted by Gasteiger charge is 2.21. The van der Waals surface area contributed by atoms with E-state index in [0.29, 0.717) is 18.0 Å². The molecule has 0 saturated carbocycles. The Bertz CT molecular complexity index is 624. The highest BCUT2D eigenvalue weighted by Crippen LogP contribution is 2.22. The van der Waals surface area contributed by atoms with E-state index in [1.54, 1.807) is 6.92 Å². The normalized spacial score (nSPS) is 16.8. The Morgan fingerprint density at radius 2 is 2.05 bits per heavy atom. The predicted molar refractivity (Wildman–Crippen MR) is 78.6 cm³/mol. The molecule has 2 N–H and O–H groups in total. The van der Waals surface area contributed by atoms with Crippen LogP contribution < -0.4 is 10.0 Å². The van der Waals surface area contributed by atoms with E-state index in [1.807, 2.05) is 0 Å². The molecule has 1 aliphatic rings. The molecule has 0 aliphatic carbocycles. The number of benzene rings is 1. The zero-order valence-electron chi connectivity index (χ0n) is 11.8. The van der Waals surface area contributed by atoms with Gasteiger partial charge in [0, 0.05) is 18.2 Å². The first-order valence-corrected chi connectivity index (χ1v) is 8.34. The highest BCUT2D eigenvalue weighted by molar-refractivity contribution is 7.89. The van der Waals surface area contributed by atoms with Crippen LogP contribution in [-0.2, 0) is 10.0 Å². The maximum absolute atomic E-state index is 12.2. The van der Waals surface area contributed by atoms with Crippen molar-refractivity contribution >= 4 is 15.7 Å². The van der Waals surface area contributed by atoms with E-state index in [2.05, 4.69) is 10.0 Å². The molecule has 1 aromatic carbocycles. The molecule has 0 radical (unpaired) electrons. The van der Waals surface area contributed by atoms with E-state index in [1.165, 1.54) is 12.1 Å². The summed E-state index contributed by atoms with van der Waals surface area (Å²) in [6.45, 7) is 3.73. The molecule has 0 amide bonds. The fourth-order valence-corrected chi connectivity index (χ4v) is 3.49. The van der Waals surface area contributed by atoms with Gasteiger partial charge in [0.25, 0.3) is 5.69 Å². The predicted octanol–water partition coefficient (Wildman–Crippen LogP) is 1.18. The molecular weight excluding hydrogens is 294 g/mol. The summed E-state index contributed by atoms with van der Waals surface area (Å²) in [6, 6.07) is 3.96. The van der Waals surface area contributed by atoms with Crippen LogP contribution in [0, 0.1) is 23.0 Å². The minimum atomic E-state index is -3.71. The largest absolute Gasteiger partial charge is 0.317 e. The van der Waals surface area contributed by atoms with Crippen molar-refractivity contribution in [2.45, 2.75) is 24.7 Å². The fourth-order valence-electron chi connectivity index (χ4n) is 2.35. The SMILES string of the molecule is Cc1ccc(S(=O)(=O)NCC2CCNCC2)cc1[N+](=O)[O-]. The lowest BCUT2D eigenvalue weighted by molar-refractivity contribution is -0.385. The van der Waals surface area contributed by atoms with Crippen molar-refractivity contribution in [3.8, 4) is 0 Å². The molecule has 1 aromatic rings. The molecule has 8 heteroatoms. The van der Waals surface area contributed by atoms with Crippen LogP contribution in [0.5, 0.6) is 0 Å². The van der Waals surface area contributed by atoms with Crippen LogP contribution in [0.15, 0.2) is 23.1 Å². The highest BCUT2D eigenvalue weighted by atomic mass is 32.2. The molecule has 1 heterocycles. The molecular formula is C13H19N3O4S. The monoisotopic (exact) mass is 313 g/mol. The number of aryl methyl sites for hydroxylation is 1. The van der Waals surface area contributed by atoms with Gasteiger partial charge >= 0.3 is 0 Å². The van der Waals surface area contributed by atoms with Gasteiger partial charge in [0.1, 0.15) is 0 Å². The molecule has 7 nitrogen and oxygen atoms in total. The van der Waals surface area contributed by atoms with Gasteiger partial charge in [-0.1, -0.05) is 6.07 Å². The molecule has 116 valence electrons. The van der Waals surface area contributed by atoms with Gasteiger partial charge in [0.15, 0.2) is 0 Å². The fraction of sp³-hybridized carbons (Fsp3) is 0.538. The molecule has 0 atom stereocenters. The van der Waals surface area contributed by atoms with Crippen LogP contribution >= 0.6 is 0 Å². The lowest BCUT2D eigenvalue weighted by Gasteiger charge is -2.22. The summed E-state index contributed by atoms with van der Waals surface area (Å²) in [5, 5.41) is 14.1. The van der Waals surface area contributed by atoms with Gasteiger partial charge in [-0.15, -0.1) is 0 Å². The molecule has 0 aromatic heterocycles. The van der Waals surface area contributed by atoms with E-state index in [4.69, 9.17) is 0 Å². The summed E-state index contributed by atoms with van der Waals surface area (Å²) in [4.78, 5) is 10.3. The Morgan fingerprint density at radius 3 is 2.67 bits per heavy atom. The van der Waals surface area contributed by atoms with Crippen molar-refractivity contribution in [2.24, 2.45) is 5.92 Å². The van der Waals surface area contributed by atoms with E-state index < -0.39 is 14.9 Å². The van der Waals surface area contributed by atoms with Gasteiger partial charge < -0.3 is 5.32 Å². The average molecular weight is 313 g/mol. The molecule has 1 saturated heterocycles. The number of nitrogens with zero attached hydrogens (tertiary/aromatic N) is 1. The molecule has 0 bridgehead atoms. The topological polar surface area (TPSA) is 101 Å². The zero-order valence-corrected chi connectivity index (χ0v) is 12.6. The summed E-state index contributed by atoms with van der Waals surface area (Å²) < 4.78 is 27.0. The quantitative estimate of drug-likeness (QED) is 0.628.